The molecule has 7 nitrogen and oxygen atoms in total. The number of likely N-dealkylation sites (tertiary alicyclic amines) is 1. The molecule has 1 aromatic rings. The standard InChI is InChI=1S/C17H23ClF2N4O3/c1-17(2,3)27-16(25)23-5-4-12-11(9-23)24(6-7-26-12)13-8-10(15(19)20)14(18)22-21-13/h8,11-12,15H,4-7,9H2,1-3H3/t11-,12+/m0/s1. The maximum absolute atomic E-state index is 13.2. The Kier molecular flexibility index (Phi) is 5.71. The Labute approximate surface area is 161 Å². The number of aromatic nitrogens is 2. The first-order chi connectivity index (χ1) is 12.7. The molecule has 150 valence electrons. The van der Waals surface area contributed by atoms with E-state index in [1.54, 1.807) is 4.90 Å². The van der Waals surface area contributed by atoms with Crippen LogP contribution in [0.4, 0.5) is 19.4 Å². The van der Waals surface area contributed by atoms with Gasteiger partial charge >= 0.3 is 6.09 Å². The van der Waals surface area contributed by atoms with Crippen LogP contribution in [0.1, 0.15) is 39.2 Å². The average molecular weight is 405 g/mol. The minimum Gasteiger partial charge on any atom is -0.444 e. The van der Waals surface area contributed by atoms with Crippen LogP contribution in [0.2, 0.25) is 5.15 Å². The molecule has 0 spiro atoms. The number of alkyl halides is 2. The third-order valence-electron chi connectivity index (χ3n) is 4.53. The van der Waals surface area contributed by atoms with Gasteiger partial charge in [0.2, 0.25) is 0 Å². The normalized spacial score (nSPS) is 23.4. The summed E-state index contributed by atoms with van der Waals surface area (Å²) in [5.74, 6) is 0.305. The van der Waals surface area contributed by atoms with Crippen LogP contribution in [0.25, 0.3) is 0 Å². The van der Waals surface area contributed by atoms with Crippen molar-refractivity contribution < 1.29 is 23.0 Å². The molecule has 0 aromatic carbocycles. The highest BCUT2D eigenvalue weighted by molar-refractivity contribution is 6.30. The van der Waals surface area contributed by atoms with Crippen LogP contribution in [0.15, 0.2) is 6.07 Å². The van der Waals surface area contributed by atoms with Gasteiger partial charge in [0.05, 0.1) is 24.3 Å². The highest BCUT2D eigenvalue weighted by atomic mass is 35.5. The van der Waals surface area contributed by atoms with E-state index in [-0.39, 0.29) is 22.9 Å². The van der Waals surface area contributed by atoms with Crippen molar-refractivity contribution in [3.8, 4) is 0 Å². The number of anilines is 1. The molecule has 0 unspecified atom stereocenters. The summed E-state index contributed by atoms with van der Waals surface area (Å²) in [5, 5.41) is 7.34. The number of rotatable bonds is 2. The maximum atomic E-state index is 13.2. The molecule has 0 radical (unpaired) electrons. The molecular formula is C17H23ClF2N4O3. The van der Waals surface area contributed by atoms with Crippen LogP contribution in [-0.2, 0) is 9.47 Å². The van der Waals surface area contributed by atoms with Gasteiger partial charge in [0, 0.05) is 19.6 Å². The molecule has 2 aliphatic heterocycles. The van der Waals surface area contributed by atoms with Gasteiger partial charge in [-0.25, -0.2) is 13.6 Å². The zero-order chi connectivity index (χ0) is 19.8. The lowest BCUT2D eigenvalue weighted by Gasteiger charge is -2.47. The average Bonchev–Trinajstić information content (AvgIpc) is 2.59. The molecule has 3 rings (SSSR count). The van der Waals surface area contributed by atoms with Gasteiger partial charge in [-0.1, -0.05) is 11.6 Å². The fraction of sp³-hybridized carbons (Fsp3) is 0.706. The SMILES string of the molecule is CC(C)(C)OC(=O)N1CC[C@H]2OCCN(c3cc(C(F)F)c(Cl)nn3)[C@H]2C1. The molecule has 0 bridgehead atoms. The first-order valence-corrected chi connectivity index (χ1v) is 9.21. The second-order valence-corrected chi connectivity index (χ2v) is 7.99. The summed E-state index contributed by atoms with van der Waals surface area (Å²) in [6, 6.07) is 1.04. The lowest BCUT2D eigenvalue weighted by Crippen LogP contribution is -2.61. The summed E-state index contributed by atoms with van der Waals surface area (Å²) in [6.07, 6.45) is -2.64. The second kappa shape index (κ2) is 7.71. The van der Waals surface area contributed by atoms with Gasteiger partial charge in [0.1, 0.15) is 5.60 Å². The molecule has 0 saturated carbocycles. The molecule has 0 aliphatic carbocycles. The summed E-state index contributed by atoms with van der Waals surface area (Å²) < 4.78 is 37.6. The van der Waals surface area contributed by atoms with Crippen LogP contribution in [-0.4, -0.2) is 65.2 Å². The molecular weight excluding hydrogens is 382 g/mol. The van der Waals surface area contributed by atoms with Gasteiger partial charge in [-0.05, 0) is 33.3 Å². The van der Waals surface area contributed by atoms with Crippen molar-refractivity contribution in [3.05, 3.63) is 16.8 Å². The first-order valence-electron chi connectivity index (χ1n) is 8.83. The summed E-state index contributed by atoms with van der Waals surface area (Å²) in [6.45, 7) is 7.20. The number of hydrogen-bond donors (Lipinski definition) is 0. The van der Waals surface area contributed by atoms with E-state index in [1.807, 2.05) is 25.7 Å². The Morgan fingerprint density at radius 1 is 1.37 bits per heavy atom. The van der Waals surface area contributed by atoms with E-state index in [0.717, 1.165) is 0 Å². The van der Waals surface area contributed by atoms with Crippen molar-refractivity contribution >= 4 is 23.5 Å². The zero-order valence-corrected chi connectivity index (χ0v) is 16.2. The van der Waals surface area contributed by atoms with Gasteiger partial charge in [-0.15, -0.1) is 10.2 Å². The van der Waals surface area contributed by atoms with E-state index in [4.69, 9.17) is 21.1 Å². The van der Waals surface area contributed by atoms with E-state index < -0.39 is 18.1 Å². The number of carbonyl (C=O) groups excluding carboxylic acids is 1. The second-order valence-electron chi connectivity index (χ2n) is 7.63. The number of morpholine rings is 1. The molecule has 3 heterocycles. The molecule has 2 aliphatic rings. The fourth-order valence-electron chi connectivity index (χ4n) is 3.32. The van der Waals surface area contributed by atoms with E-state index >= 15 is 0 Å². The molecule has 10 heteroatoms. The van der Waals surface area contributed by atoms with Crippen molar-refractivity contribution in [2.75, 3.05) is 31.1 Å². The summed E-state index contributed by atoms with van der Waals surface area (Å²) in [4.78, 5) is 15.9. The van der Waals surface area contributed by atoms with E-state index in [0.29, 0.717) is 38.5 Å². The molecule has 2 atom stereocenters. The van der Waals surface area contributed by atoms with Crippen LogP contribution in [0, 0.1) is 0 Å². The number of ether oxygens (including phenoxy) is 2. The number of nitrogens with zero attached hydrogens (tertiary/aromatic N) is 4. The Hall–Kier alpha value is -1.74. The van der Waals surface area contributed by atoms with Crippen molar-refractivity contribution in [1.29, 1.82) is 0 Å². The van der Waals surface area contributed by atoms with Gasteiger partial charge in [0.25, 0.3) is 6.43 Å². The lowest BCUT2D eigenvalue weighted by atomic mass is 9.99. The minimum atomic E-state index is -2.74. The maximum Gasteiger partial charge on any atom is 0.410 e. The number of hydrogen-bond acceptors (Lipinski definition) is 6. The highest BCUT2D eigenvalue weighted by Gasteiger charge is 2.40. The number of fused-ring (bicyclic) bond motifs is 1. The van der Waals surface area contributed by atoms with Gasteiger partial charge in [0.15, 0.2) is 11.0 Å². The van der Waals surface area contributed by atoms with Crippen molar-refractivity contribution in [3.63, 3.8) is 0 Å². The van der Waals surface area contributed by atoms with Crippen LogP contribution in [0.3, 0.4) is 0 Å². The smallest absolute Gasteiger partial charge is 0.410 e. The number of amides is 1. The number of piperidine rings is 1. The minimum absolute atomic E-state index is 0.120. The van der Waals surface area contributed by atoms with E-state index in [2.05, 4.69) is 10.2 Å². The van der Waals surface area contributed by atoms with E-state index in [9.17, 15) is 13.6 Å². The predicted molar refractivity (Wildman–Crippen MR) is 95.3 cm³/mol. The Morgan fingerprint density at radius 3 is 2.78 bits per heavy atom. The summed E-state index contributed by atoms with van der Waals surface area (Å²) in [7, 11) is 0. The van der Waals surface area contributed by atoms with Crippen molar-refractivity contribution in [2.45, 2.75) is 51.4 Å². The van der Waals surface area contributed by atoms with Crippen molar-refractivity contribution in [2.24, 2.45) is 0 Å². The molecule has 2 saturated heterocycles. The van der Waals surface area contributed by atoms with Gasteiger partial charge in [-0.2, -0.15) is 0 Å². The summed E-state index contributed by atoms with van der Waals surface area (Å²) >= 11 is 5.73. The lowest BCUT2D eigenvalue weighted by molar-refractivity contribution is -0.0372. The van der Waals surface area contributed by atoms with Gasteiger partial charge < -0.3 is 19.3 Å². The Morgan fingerprint density at radius 2 is 2.11 bits per heavy atom. The highest BCUT2D eigenvalue weighted by Crippen LogP contribution is 2.31. The zero-order valence-electron chi connectivity index (χ0n) is 15.5. The number of carbonyl (C=O) groups is 1. The van der Waals surface area contributed by atoms with Crippen LogP contribution < -0.4 is 4.90 Å². The molecule has 2 fully saturated rings. The Bertz CT molecular complexity index is 701. The summed E-state index contributed by atoms with van der Waals surface area (Å²) in [5.41, 5.74) is -0.950. The third kappa shape index (κ3) is 4.57. The fourth-order valence-corrected chi connectivity index (χ4v) is 3.50. The topological polar surface area (TPSA) is 67.8 Å². The van der Waals surface area contributed by atoms with Crippen LogP contribution in [0.5, 0.6) is 0 Å². The van der Waals surface area contributed by atoms with Crippen molar-refractivity contribution in [1.82, 2.24) is 15.1 Å². The quantitative estimate of drug-likeness (QED) is 0.753. The van der Waals surface area contributed by atoms with Gasteiger partial charge in [-0.3, -0.25) is 0 Å². The van der Waals surface area contributed by atoms with Crippen LogP contribution >= 0.6 is 11.6 Å². The number of halogens is 3. The molecule has 27 heavy (non-hydrogen) atoms. The first kappa shape index (κ1) is 20.0. The largest absolute Gasteiger partial charge is 0.444 e. The predicted octanol–water partition coefficient (Wildman–Crippen LogP) is 3.28. The third-order valence-corrected chi connectivity index (χ3v) is 4.82. The molecule has 1 amide bonds. The molecule has 0 N–H and O–H groups in total. The Balaban J connectivity index is 1.81. The monoisotopic (exact) mass is 404 g/mol. The van der Waals surface area contributed by atoms with E-state index in [1.165, 1.54) is 6.07 Å². The molecule has 1 aromatic heterocycles.